The molecule has 3 aromatic heterocycles. The van der Waals surface area contributed by atoms with E-state index >= 15 is 0 Å². The van der Waals surface area contributed by atoms with Crippen LogP contribution in [0.2, 0.25) is 0 Å². The number of methoxy groups -OCH3 is 1. The first-order chi connectivity index (χ1) is 11.0. The number of nitrogens with one attached hydrogen (secondary N) is 1. The Hall–Kier alpha value is -3.14. The van der Waals surface area contributed by atoms with Gasteiger partial charge in [-0.15, -0.1) is 0 Å². The van der Waals surface area contributed by atoms with Crippen LogP contribution in [0.25, 0.3) is 10.9 Å². The third-order valence-corrected chi connectivity index (χ3v) is 3.84. The van der Waals surface area contributed by atoms with Gasteiger partial charge in [0, 0.05) is 17.5 Å². The quantitative estimate of drug-likeness (QED) is 0.793. The SMILES string of the molecule is COc1nc2ccn(Cc3c(C)n[nH]c3C)c(=O)c2cc1C#N. The van der Waals surface area contributed by atoms with E-state index in [9.17, 15) is 4.79 Å². The fraction of sp³-hybridized carbons (Fsp3) is 0.250. The molecule has 116 valence electrons. The molecule has 0 aliphatic rings. The number of fused-ring (bicyclic) bond motifs is 1. The zero-order valence-corrected chi connectivity index (χ0v) is 13.0. The van der Waals surface area contributed by atoms with E-state index in [0.29, 0.717) is 17.4 Å². The Morgan fingerprint density at radius 3 is 2.83 bits per heavy atom. The van der Waals surface area contributed by atoms with Gasteiger partial charge in [0.15, 0.2) is 0 Å². The van der Waals surface area contributed by atoms with Gasteiger partial charge < -0.3 is 9.30 Å². The van der Waals surface area contributed by atoms with Crippen molar-refractivity contribution in [3.63, 3.8) is 0 Å². The molecule has 0 radical (unpaired) electrons. The minimum atomic E-state index is -0.200. The lowest BCUT2D eigenvalue weighted by atomic mass is 10.1. The Morgan fingerprint density at radius 2 is 2.22 bits per heavy atom. The first-order valence-electron chi connectivity index (χ1n) is 7.04. The van der Waals surface area contributed by atoms with Crippen LogP contribution in [-0.4, -0.2) is 26.9 Å². The minimum absolute atomic E-state index is 0.200. The molecule has 7 heteroatoms. The highest BCUT2D eigenvalue weighted by atomic mass is 16.5. The molecule has 3 rings (SSSR count). The van der Waals surface area contributed by atoms with Crippen LogP contribution in [0.3, 0.4) is 0 Å². The zero-order chi connectivity index (χ0) is 16.6. The molecule has 1 N–H and O–H groups in total. The number of nitrogens with zero attached hydrogens (tertiary/aromatic N) is 4. The highest BCUT2D eigenvalue weighted by molar-refractivity contribution is 5.80. The molecule has 3 heterocycles. The molecule has 0 unspecified atom stereocenters. The summed E-state index contributed by atoms with van der Waals surface area (Å²) in [5.74, 6) is 0.221. The third-order valence-electron chi connectivity index (χ3n) is 3.84. The largest absolute Gasteiger partial charge is 0.480 e. The summed E-state index contributed by atoms with van der Waals surface area (Å²) in [6.07, 6.45) is 1.69. The lowest BCUT2D eigenvalue weighted by molar-refractivity contribution is 0.398. The highest BCUT2D eigenvalue weighted by Gasteiger charge is 2.13. The fourth-order valence-corrected chi connectivity index (χ4v) is 2.53. The molecular formula is C16H15N5O2. The number of hydrogen-bond donors (Lipinski definition) is 1. The molecule has 7 nitrogen and oxygen atoms in total. The van der Waals surface area contributed by atoms with Crippen molar-refractivity contribution >= 4 is 10.9 Å². The van der Waals surface area contributed by atoms with Crippen molar-refractivity contribution in [2.24, 2.45) is 0 Å². The van der Waals surface area contributed by atoms with Crippen LogP contribution < -0.4 is 10.3 Å². The maximum atomic E-state index is 12.7. The van der Waals surface area contributed by atoms with Gasteiger partial charge in [0.05, 0.1) is 30.3 Å². The smallest absolute Gasteiger partial charge is 0.260 e. The monoisotopic (exact) mass is 309 g/mol. The topological polar surface area (TPSA) is 96.6 Å². The Kier molecular flexibility index (Phi) is 3.58. The maximum absolute atomic E-state index is 12.7. The number of aryl methyl sites for hydroxylation is 2. The van der Waals surface area contributed by atoms with Gasteiger partial charge in [0.25, 0.3) is 5.56 Å². The summed E-state index contributed by atoms with van der Waals surface area (Å²) in [5.41, 5.74) is 3.32. The molecule has 0 saturated heterocycles. The molecule has 0 aliphatic carbocycles. The van der Waals surface area contributed by atoms with E-state index in [4.69, 9.17) is 10.00 Å². The molecule has 0 bridgehead atoms. The van der Waals surface area contributed by atoms with Crippen LogP contribution in [0.15, 0.2) is 23.1 Å². The van der Waals surface area contributed by atoms with Crippen molar-refractivity contribution in [3.05, 3.63) is 51.2 Å². The van der Waals surface area contributed by atoms with E-state index in [0.717, 1.165) is 17.0 Å². The lowest BCUT2D eigenvalue weighted by Crippen LogP contribution is -2.21. The summed E-state index contributed by atoms with van der Waals surface area (Å²) < 4.78 is 6.66. The van der Waals surface area contributed by atoms with Crippen LogP contribution in [0.5, 0.6) is 5.88 Å². The summed E-state index contributed by atoms with van der Waals surface area (Å²) in [6.45, 7) is 4.23. The molecular weight excluding hydrogens is 294 g/mol. The second-order valence-electron chi connectivity index (χ2n) is 5.25. The molecule has 0 atom stereocenters. The van der Waals surface area contributed by atoms with Crippen LogP contribution in [0.4, 0.5) is 0 Å². The standard InChI is InChI=1S/C16H15N5O2/c1-9-13(10(2)20-19-9)8-21-5-4-14-12(16(21)22)6-11(7-17)15(18-14)23-3/h4-6H,8H2,1-3H3,(H,19,20). The molecule has 0 aliphatic heterocycles. The van der Waals surface area contributed by atoms with Gasteiger partial charge >= 0.3 is 0 Å². The summed E-state index contributed by atoms with van der Waals surface area (Å²) >= 11 is 0. The predicted molar refractivity (Wildman–Crippen MR) is 84.4 cm³/mol. The summed E-state index contributed by atoms with van der Waals surface area (Å²) in [4.78, 5) is 16.9. The van der Waals surface area contributed by atoms with Crippen molar-refractivity contribution in [1.29, 1.82) is 5.26 Å². The van der Waals surface area contributed by atoms with Crippen molar-refractivity contribution in [2.45, 2.75) is 20.4 Å². The van der Waals surface area contributed by atoms with Gasteiger partial charge in [-0.2, -0.15) is 10.4 Å². The number of pyridine rings is 2. The number of rotatable bonds is 3. The highest BCUT2D eigenvalue weighted by Crippen LogP contribution is 2.19. The first-order valence-corrected chi connectivity index (χ1v) is 7.04. The van der Waals surface area contributed by atoms with E-state index < -0.39 is 0 Å². The lowest BCUT2D eigenvalue weighted by Gasteiger charge is -2.09. The minimum Gasteiger partial charge on any atom is -0.480 e. The Bertz CT molecular complexity index is 975. The van der Waals surface area contributed by atoms with Gasteiger partial charge in [-0.25, -0.2) is 4.98 Å². The fourth-order valence-electron chi connectivity index (χ4n) is 2.53. The Balaban J connectivity index is 2.16. The van der Waals surface area contributed by atoms with Crippen molar-refractivity contribution in [2.75, 3.05) is 7.11 Å². The summed E-state index contributed by atoms with van der Waals surface area (Å²) in [6, 6.07) is 5.26. The van der Waals surface area contributed by atoms with Crippen LogP contribution in [0, 0.1) is 25.2 Å². The van der Waals surface area contributed by atoms with Crippen LogP contribution in [-0.2, 0) is 6.54 Å². The third kappa shape index (κ3) is 2.44. The van der Waals surface area contributed by atoms with E-state index in [2.05, 4.69) is 15.2 Å². The van der Waals surface area contributed by atoms with E-state index in [1.165, 1.54) is 13.2 Å². The van der Waals surface area contributed by atoms with Crippen molar-refractivity contribution in [1.82, 2.24) is 19.7 Å². The second-order valence-corrected chi connectivity index (χ2v) is 5.25. The predicted octanol–water partition coefficient (Wildman–Crippen LogP) is 1.67. The molecule has 0 aromatic carbocycles. The first kappa shape index (κ1) is 14.8. The maximum Gasteiger partial charge on any atom is 0.260 e. The van der Waals surface area contributed by atoms with Gasteiger partial charge in [-0.3, -0.25) is 9.89 Å². The average Bonchev–Trinajstić information content (AvgIpc) is 2.88. The van der Waals surface area contributed by atoms with Crippen LogP contribution in [0.1, 0.15) is 22.5 Å². The van der Waals surface area contributed by atoms with Gasteiger partial charge in [-0.1, -0.05) is 0 Å². The van der Waals surface area contributed by atoms with Crippen molar-refractivity contribution in [3.8, 4) is 11.9 Å². The summed E-state index contributed by atoms with van der Waals surface area (Å²) in [5, 5.41) is 16.6. The second kappa shape index (κ2) is 5.57. The van der Waals surface area contributed by atoms with Gasteiger partial charge in [-0.05, 0) is 26.0 Å². The normalized spacial score (nSPS) is 10.7. The molecule has 0 saturated carbocycles. The molecule has 0 spiro atoms. The molecule has 0 fully saturated rings. The number of H-pyrrole nitrogens is 1. The number of aromatic nitrogens is 4. The molecule has 3 aromatic rings. The Labute approximate surface area is 132 Å². The van der Waals surface area contributed by atoms with Crippen LogP contribution >= 0.6 is 0 Å². The number of aromatic amines is 1. The number of ether oxygens (including phenoxy) is 1. The molecule has 0 amide bonds. The van der Waals surface area contributed by atoms with E-state index in [1.54, 1.807) is 16.8 Å². The average molecular weight is 309 g/mol. The zero-order valence-electron chi connectivity index (χ0n) is 13.0. The van der Waals surface area contributed by atoms with E-state index in [-0.39, 0.29) is 17.0 Å². The van der Waals surface area contributed by atoms with Gasteiger partial charge in [0.2, 0.25) is 5.88 Å². The Morgan fingerprint density at radius 1 is 1.43 bits per heavy atom. The number of hydrogen-bond acceptors (Lipinski definition) is 5. The number of nitriles is 1. The summed E-state index contributed by atoms with van der Waals surface area (Å²) in [7, 11) is 1.45. The van der Waals surface area contributed by atoms with Gasteiger partial charge in [0.1, 0.15) is 11.6 Å². The van der Waals surface area contributed by atoms with E-state index in [1.807, 2.05) is 19.9 Å². The van der Waals surface area contributed by atoms with Crippen molar-refractivity contribution < 1.29 is 4.74 Å². The molecule has 23 heavy (non-hydrogen) atoms.